The van der Waals surface area contributed by atoms with Crippen molar-refractivity contribution >= 4 is 22.4 Å². The molecule has 0 unspecified atom stereocenters. The molecule has 0 radical (unpaired) electrons. The smallest absolute Gasteiger partial charge is 0.151 e. The van der Waals surface area contributed by atoms with Gasteiger partial charge in [0.2, 0.25) is 0 Å². The molecule has 4 rings (SSSR count). The first-order chi connectivity index (χ1) is 10.8. The van der Waals surface area contributed by atoms with Gasteiger partial charge in [-0.1, -0.05) is 30.3 Å². The molecule has 0 spiro atoms. The number of halogens is 1. The van der Waals surface area contributed by atoms with E-state index < -0.39 is 0 Å². The fourth-order valence-corrected chi connectivity index (χ4v) is 3.32. The van der Waals surface area contributed by atoms with Crippen LogP contribution in [0.4, 0.5) is 4.39 Å². The molecule has 2 aromatic heterocycles. The van der Waals surface area contributed by atoms with Gasteiger partial charge >= 0.3 is 0 Å². The Kier molecular flexibility index (Phi) is 3.24. The van der Waals surface area contributed by atoms with Gasteiger partial charge < -0.3 is 4.57 Å². The Morgan fingerprint density at radius 3 is 2.55 bits per heavy atom. The molecule has 0 saturated carbocycles. The average Bonchev–Trinajstić information content (AvgIpc) is 3.18. The summed E-state index contributed by atoms with van der Waals surface area (Å²) in [6, 6.07) is 18.9. The maximum absolute atomic E-state index is 13.1. The summed E-state index contributed by atoms with van der Waals surface area (Å²) in [6.45, 7) is 0.675. The van der Waals surface area contributed by atoms with Crippen molar-refractivity contribution in [2.24, 2.45) is 0 Å². The number of imidazole rings is 1. The summed E-state index contributed by atoms with van der Waals surface area (Å²) in [6.07, 6.45) is 0. The highest BCUT2D eigenvalue weighted by Gasteiger charge is 2.13. The number of para-hydroxylation sites is 2. The molecule has 0 aliphatic carbocycles. The number of rotatable bonds is 3. The molecule has 22 heavy (non-hydrogen) atoms. The van der Waals surface area contributed by atoms with Gasteiger partial charge in [0, 0.05) is 6.54 Å². The summed E-state index contributed by atoms with van der Waals surface area (Å²) in [7, 11) is 0. The van der Waals surface area contributed by atoms with Crippen LogP contribution < -0.4 is 0 Å². The zero-order chi connectivity index (χ0) is 14.9. The van der Waals surface area contributed by atoms with E-state index in [1.807, 2.05) is 36.4 Å². The van der Waals surface area contributed by atoms with Gasteiger partial charge in [-0.15, -0.1) is 11.3 Å². The number of fused-ring (bicyclic) bond motifs is 1. The van der Waals surface area contributed by atoms with E-state index in [1.54, 1.807) is 11.3 Å². The molecule has 0 amide bonds. The summed E-state index contributed by atoms with van der Waals surface area (Å²) in [5, 5.41) is 2.05. The standard InChI is InChI=1S/C18H13FN2S/c19-14-9-7-13(8-10-14)12-21-16-5-2-1-4-15(16)20-18(21)17-6-3-11-22-17/h1-11H,12H2. The molecule has 2 aromatic carbocycles. The average molecular weight is 308 g/mol. The van der Waals surface area contributed by atoms with E-state index in [-0.39, 0.29) is 5.82 Å². The Labute approximate surface area is 131 Å². The zero-order valence-electron chi connectivity index (χ0n) is 11.7. The molecule has 0 atom stereocenters. The summed E-state index contributed by atoms with van der Waals surface area (Å²) >= 11 is 1.68. The molecular weight excluding hydrogens is 295 g/mol. The lowest BCUT2D eigenvalue weighted by molar-refractivity contribution is 0.626. The van der Waals surface area contributed by atoms with Crippen LogP contribution in [0.25, 0.3) is 21.7 Å². The monoisotopic (exact) mass is 308 g/mol. The Morgan fingerprint density at radius 2 is 1.77 bits per heavy atom. The summed E-state index contributed by atoms with van der Waals surface area (Å²) in [5.74, 6) is 0.748. The third-order valence-electron chi connectivity index (χ3n) is 3.65. The lowest BCUT2D eigenvalue weighted by Crippen LogP contribution is -2.01. The predicted octanol–water partition coefficient (Wildman–Crippen LogP) is 4.95. The van der Waals surface area contributed by atoms with E-state index in [2.05, 4.69) is 22.1 Å². The van der Waals surface area contributed by atoms with Crippen molar-refractivity contribution in [2.75, 3.05) is 0 Å². The van der Waals surface area contributed by atoms with E-state index >= 15 is 0 Å². The van der Waals surface area contributed by atoms with Crippen LogP contribution in [0.5, 0.6) is 0 Å². The first-order valence-corrected chi connectivity index (χ1v) is 7.93. The van der Waals surface area contributed by atoms with Crippen molar-refractivity contribution in [1.82, 2.24) is 9.55 Å². The first-order valence-electron chi connectivity index (χ1n) is 7.05. The number of aromatic nitrogens is 2. The summed E-state index contributed by atoms with van der Waals surface area (Å²) in [5.41, 5.74) is 3.13. The number of benzene rings is 2. The fraction of sp³-hybridized carbons (Fsp3) is 0.0556. The minimum absolute atomic E-state index is 0.210. The van der Waals surface area contributed by atoms with Crippen LogP contribution in [0, 0.1) is 5.82 Å². The Morgan fingerprint density at radius 1 is 0.955 bits per heavy atom. The van der Waals surface area contributed by atoms with E-state index in [4.69, 9.17) is 4.98 Å². The number of nitrogens with zero attached hydrogens (tertiary/aromatic N) is 2. The van der Waals surface area contributed by atoms with Crippen molar-refractivity contribution < 1.29 is 4.39 Å². The van der Waals surface area contributed by atoms with Crippen LogP contribution in [0.3, 0.4) is 0 Å². The van der Waals surface area contributed by atoms with Crippen molar-refractivity contribution in [3.8, 4) is 10.7 Å². The van der Waals surface area contributed by atoms with Crippen molar-refractivity contribution in [3.05, 3.63) is 77.4 Å². The fourth-order valence-electron chi connectivity index (χ4n) is 2.60. The third kappa shape index (κ3) is 2.31. The van der Waals surface area contributed by atoms with Gasteiger partial charge in [-0.2, -0.15) is 0 Å². The molecule has 4 aromatic rings. The third-order valence-corrected chi connectivity index (χ3v) is 4.52. The maximum Gasteiger partial charge on any atom is 0.151 e. The van der Waals surface area contributed by atoms with Gasteiger partial charge in [-0.3, -0.25) is 0 Å². The van der Waals surface area contributed by atoms with E-state index in [0.717, 1.165) is 27.3 Å². The van der Waals surface area contributed by atoms with Crippen LogP contribution in [0.15, 0.2) is 66.0 Å². The van der Waals surface area contributed by atoms with Gasteiger partial charge in [0.25, 0.3) is 0 Å². The van der Waals surface area contributed by atoms with E-state index in [0.29, 0.717) is 6.54 Å². The Balaban J connectivity index is 1.87. The normalized spacial score (nSPS) is 11.1. The maximum atomic E-state index is 13.1. The lowest BCUT2D eigenvalue weighted by atomic mass is 10.2. The SMILES string of the molecule is Fc1ccc(Cn2c(-c3cccs3)nc3ccccc32)cc1. The second kappa shape index (κ2) is 5.39. The zero-order valence-corrected chi connectivity index (χ0v) is 12.6. The molecule has 0 aliphatic heterocycles. The minimum atomic E-state index is -0.210. The Hall–Kier alpha value is -2.46. The first kappa shape index (κ1) is 13.2. The van der Waals surface area contributed by atoms with Gasteiger partial charge in [0.1, 0.15) is 5.82 Å². The van der Waals surface area contributed by atoms with Crippen LogP contribution in [-0.2, 0) is 6.54 Å². The number of thiophene rings is 1. The highest BCUT2D eigenvalue weighted by Crippen LogP contribution is 2.28. The summed E-state index contributed by atoms with van der Waals surface area (Å²) < 4.78 is 15.3. The second-order valence-electron chi connectivity index (χ2n) is 5.11. The highest BCUT2D eigenvalue weighted by molar-refractivity contribution is 7.13. The van der Waals surface area contributed by atoms with Crippen LogP contribution in [0.1, 0.15) is 5.56 Å². The van der Waals surface area contributed by atoms with E-state index in [9.17, 15) is 4.39 Å². The molecule has 2 heterocycles. The van der Waals surface area contributed by atoms with Gasteiger partial charge in [0.15, 0.2) is 5.82 Å². The molecule has 0 aliphatic rings. The van der Waals surface area contributed by atoms with Crippen LogP contribution >= 0.6 is 11.3 Å². The molecular formula is C18H13FN2S. The lowest BCUT2D eigenvalue weighted by Gasteiger charge is -2.08. The minimum Gasteiger partial charge on any atom is -0.319 e. The largest absolute Gasteiger partial charge is 0.319 e. The molecule has 4 heteroatoms. The molecule has 2 nitrogen and oxygen atoms in total. The summed E-state index contributed by atoms with van der Waals surface area (Å²) in [4.78, 5) is 5.91. The van der Waals surface area contributed by atoms with Crippen molar-refractivity contribution in [3.63, 3.8) is 0 Å². The van der Waals surface area contributed by atoms with Crippen LogP contribution in [-0.4, -0.2) is 9.55 Å². The molecule has 0 saturated heterocycles. The van der Waals surface area contributed by atoms with Crippen molar-refractivity contribution in [1.29, 1.82) is 0 Å². The number of hydrogen-bond acceptors (Lipinski definition) is 2. The second-order valence-corrected chi connectivity index (χ2v) is 6.06. The Bertz CT molecular complexity index is 908. The van der Waals surface area contributed by atoms with Gasteiger partial charge in [0.05, 0.1) is 15.9 Å². The molecule has 0 N–H and O–H groups in total. The van der Waals surface area contributed by atoms with Crippen molar-refractivity contribution in [2.45, 2.75) is 6.54 Å². The topological polar surface area (TPSA) is 17.8 Å². The van der Waals surface area contributed by atoms with Gasteiger partial charge in [-0.25, -0.2) is 9.37 Å². The molecule has 0 bridgehead atoms. The van der Waals surface area contributed by atoms with E-state index in [1.165, 1.54) is 12.1 Å². The quantitative estimate of drug-likeness (QED) is 0.523. The number of hydrogen-bond donors (Lipinski definition) is 0. The van der Waals surface area contributed by atoms with Gasteiger partial charge in [-0.05, 0) is 41.3 Å². The predicted molar refractivity (Wildman–Crippen MR) is 88.5 cm³/mol. The van der Waals surface area contributed by atoms with Crippen LogP contribution in [0.2, 0.25) is 0 Å². The molecule has 0 fully saturated rings. The highest BCUT2D eigenvalue weighted by atomic mass is 32.1. The molecule has 108 valence electrons.